The van der Waals surface area contributed by atoms with Crippen LogP contribution in [0.3, 0.4) is 0 Å². The molecule has 2 rings (SSSR count). The molecule has 0 aromatic heterocycles. The fourth-order valence-electron chi connectivity index (χ4n) is 2.70. The Morgan fingerprint density at radius 1 is 1.24 bits per heavy atom. The van der Waals surface area contributed by atoms with Crippen LogP contribution in [0.15, 0.2) is 0 Å². The SMILES string of the molecule is O=C(CCN1CCCC1)NCC1CCNCC1. The van der Waals surface area contributed by atoms with Crippen molar-refractivity contribution in [3.05, 3.63) is 0 Å². The Balaban J connectivity index is 1.53. The van der Waals surface area contributed by atoms with Gasteiger partial charge in [-0.25, -0.2) is 0 Å². The second-order valence-electron chi connectivity index (χ2n) is 5.30. The van der Waals surface area contributed by atoms with E-state index in [4.69, 9.17) is 0 Å². The van der Waals surface area contributed by atoms with Gasteiger partial charge in [0.1, 0.15) is 0 Å². The number of carbonyl (C=O) groups excluding carboxylic acids is 1. The normalized spacial score (nSPS) is 22.8. The van der Waals surface area contributed by atoms with Crippen molar-refractivity contribution < 1.29 is 4.79 Å². The molecule has 17 heavy (non-hydrogen) atoms. The van der Waals surface area contributed by atoms with E-state index in [1.165, 1.54) is 38.8 Å². The van der Waals surface area contributed by atoms with Crippen molar-refractivity contribution in [2.75, 3.05) is 39.3 Å². The lowest BCUT2D eigenvalue weighted by Crippen LogP contribution is -2.37. The highest BCUT2D eigenvalue weighted by atomic mass is 16.1. The minimum Gasteiger partial charge on any atom is -0.356 e. The molecule has 2 saturated heterocycles. The van der Waals surface area contributed by atoms with Gasteiger partial charge in [0.2, 0.25) is 5.91 Å². The molecule has 0 aliphatic carbocycles. The standard InChI is InChI=1S/C13H25N3O/c17-13(5-10-16-8-1-2-9-16)15-11-12-3-6-14-7-4-12/h12,14H,1-11H2,(H,15,17). The Morgan fingerprint density at radius 2 is 1.94 bits per heavy atom. The Bertz CT molecular complexity index is 233. The molecule has 2 aliphatic heterocycles. The average Bonchev–Trinajstić information content (AvgIpc) is 2.88. The van der Waals surface area contributed by atoms with Crippen LogP contribution in [-0.2, 0) is 4.79 Å². The van der Waals surface area contributed by atoms with E-state index in [9.17, 15) is 4.79 Å². The maximum Gasteiger partial charge on any atom is 0.221 e. The second kappa shape index (κ2) is 6.97. The van der Waals surface area contributed by atoms with Crippen LogP contribution < -0.4 is 10.6 Å². The highest BCUT2D eigenvalue weighted by Gasteiger charge is 2.15. The summed E-state index contributed by atoms with van der Waals surface area (Å²) in [5, 5.41) is 6.43. The van der Waals surface area contributed by atoms with Gasteiger partial charge in [-0.05, 0) is 57.8 Å². The van der Waals surface area contributed by atoms with E-state index in [1.54, 1.807) is 0 Å². The van der Waals surface area contributed by atoms with Gasteiger partial charge in [0.15, 0.2) is 0 Å². The molecule has 0 saturated carbocycles. The Morgan fingerprint density at radius 3 is 2.65 bits per heavy atom. The lowest BCUT2D eigenvalue weighted by atomic mass is 9.98. The summed E-state index contributed by atoms with van der Waals surface area (Å²) in [7, 11) is 0. The van der Waals surface area contributed by atoms with Gasteiger partial charge in [0, 0.05) is 19.5 Å². The van der Waals surface area contributed by atoms with Crippen LogP contribution in [0.5, 0.6) is 0 Å². The molecule has 0 aromatic rings. The number of hydrogen-bond acceptors (Lipinski definition) is 3. The predicted octanol–water partition coefficient (Wildman–Crippen LogP) is 0.588. The first kappa shape index (κ1) is 12.8. The summed E-state index contributed by atoms with van der Waals surface area (Å²) in [6.45, 7) is 6.39. The van der Waals surface area contributed by atoms with E-state index >= 15 is 0 Å². The van der Waals surface area contributed by atoms with E-state index in [-0.39, 0.29) is 5.91 Å². The second-order valence-corrected chi connectivity index (χ2v) is 5.30. The molecule has 2 N–H and O–H groups in total. The molecule has 0 bridgehead atoms. The minimum absolute atomic E-state index is 0.232. The molecule has 4 heteroatoms. The third-order valence-corrected chi connectivity index (χ3v) is 3.90. The quantitative estimate of drug-likeness (QED) is 0.738. The number of carbonyl (C=O) groups is 1. The molecule has 2 aliphatic rings. The van der Waals surface area contributed by atoms with Crippen LogP contribution >= 0.6 is 0 Å². The third-order valence-electron chi connectivity index (χ3n) is 3.90. The molecule has 2 heterocycles. The molecule has 0 unspecified atom stereocenters. The lowest BCUT2D eigenvalue weighted by molar-refractivity contribution is -0.121. The number of nitrogens with one attached hydrogen (secondary N) is 2. The van der Waals surface area contributed by atoms with Gasteiger partial charge in [-0.2, -0.15) is 0 Å². The number of amides is 1. The van der Waals surface area contributed by atoms with E-state index in [1.807, 2.05) is 0 Å². The maximum absolute atomic E-state index is 11.7. The van der Waals surface area contributed by atoms with Crippen LogP contribution in [0.1, 0.15) is 32.1 Å². The lowest BCUT2D eigenvalue weighted by Gasteiger charge is -2.23. The van der Waals surface area contributed by atoms with E-state index < -0.39 is 0 Å². The van der Waals surface area contributed by atoms with E-state index in [2.05, 4.69) is 15.5 Å². The summed E-state index contributed by atoms with van der Waals surface area (Å²) >= 11 is 0. The summed E-state index contributed by atoms with van der Waals surface area (Å²) in [5.41, 5.74) is 0. The van der Waals surface area contributed by atoms with E-state index in [0.29, 0.717) is 12.3 Å². The zero-order valence-corrected chi connectivity index (χ0v) is 10.7. The van der Waals surface area contributed by atoms with Crippen molar-refractivity contribution >= 4 is 5.91 Å². The molecular weight excluding hydrogens is 214 g/mol. The van der Waals surface area contributed by atoms with Crippen molar-refractivity contribution in [3.8, 4) is 0 Å². The summed E-state index contributed by atoms with van der Waals surface area (Å²) in [5.74, 6) is 0.919. The van der Waals surface area contributed by atoms with Gasteiger partial charge in [0.25, 0.3) is 0 Å². The maximum atomic E-state index is 11.7. The van der Waals surface area contributed by atoms with Crippen LogP contribution in [0.4, 0.5) is 0 Å². The van der Waals surface area contributed by atoms with Crippen LogP contribution in [0, 0.1) is 5.92 Å². The van der Waals surface area contributed by atoms with Crippen molar-refractivity contribution in [2.24, 2.45) is 5.92 Å². The first-order valence-corrected chi connectivity index (χ1v) is 7.04. The topological polar surface area (TPSA) is 44.4 Å². The third kappa shape index (κ3) is 4.64. The first-order valence-electron chi connectivity index (χ1n) is 7.04. The monoisotopic (exact) mass is 239 g/mol. The molecule has 1 amide bonds. The van der Waals surface area contributed by atoms with Gasteiger partial charge in [0.05, 0.1) is 0 Å². The number of likely N-dealkylation sites (tertiary alicyclic amines) is 1. The first-order chi connectivity index (χ1) is 8.34. The molecule has 98 valence electrons. The van der Waals surface area contributed by atoms with Crippen molar-refractivity contribution in [2.45, 2.75) is 32.1 Å². The summed E-state index contributed by atoms with van der Waals surface area (Å²) in [6, 6.07) is 0. The van der Waals surface area contributed by atoms with Crippen molar-refractivity contribution in [1.29, 1.82) is 0 Å². The molecule has 4 nitrogen and oxygen atoms in total. The number of nitrogens with zero attached hydrogens (tertiary/aromatic N) is 1. The largest absolute Gasteiger partial charge is 0.356 e. The fraction of sp³-hybridized carbons (Fsp3) is 0.923. The Kier molecular flexibility index (Phi) is 5.26. The van der Waals surface area contributed by atoms with Crippen LogP contribution in [0.2, 0.25) is 0 Å². The average molecular weight is 239 g/mol. The molecule has 0 spiro atoms. The summed E-state index contributed by atoms with van der Waals surface area (Å²) in [6.07, 6.45) is 5.68. The predicted molar refractivity (Wildman–Crippen MR) is 68.9 cm³/mol. The minimum atomic E-state index is 0.232. The molecule has 0 aromatic carbocycles. The number of hydrogen-bond donors (Lipinski definition) is 2. The Labute approximate surface area is 104 Å². The van der Waals surface area contributed by atoms with Gasteiger partial charge >= 0.3 is 0 Å². The van der Waals surface area contributed by atoms with Gasteiger partial charge in [-0.15, -0.1) is 0 Å². The smallest absolute Gasteiger partial charge is 0.221 e. The van der Waals surface area contributed by atoms with E-state index in [0.717, 1.165) is 26.2 Å². The highest BCUT2D eigenvalue weighted by molar-refractivity contribution is 5.76. The number of piperidine rings is 1. The van der Waals surface area contributed by atoms with Gasteiger partial charge in [-0.1, -0.05) is 0 Å². The van der Waals surface area contributed by atoms with Gasteiger partial charge in [-0.3, -0.25) is 4.79 Å². The summed E-state index contributed by atoms with van der Waals surface area (Å²) < 4.78 is 0. The zero-order valence-electron chi connectivity index (χ0n) is 10.7. The van der Waals surface area contributed by atoms with Crippen LogP contribution in [0.25, 0.3) is 0 Å². The van der Waals surface area contributed by atoms with Crippen molar-refractivity contribution in [1.82, 2.24) is 15.5 Å². The molecule has 0 atom stereocenters. The zero-order chi connectivity index (χ0) is 11.9. The number of rotatable bonds is 5. The van der Waals surface area contributed by atoms with Crippen LogP contribution in [-0.4, -0.2) is 50.1 Å². The summed E-state index contributed by atoms with van der Waals surface area (Å²) in [4.78, 5) is 14.1. The van der Waals surface area contributed by atoms with Gasteiger partial charge < -0.3 is 15.5 Å². The Hall–Kier alpha value is -0.610. The molecular formula is C13H25N3O. The molecule has 0 radical (unpaired) electrons. The highest BCUT2D eigenvalue weighted by Crippen LogP contribution is 2.10. The molecule has 2 fully saturated rings. The van der Waals surface area contributed by atoms with Crippen molar-refractivity contribution in [3.63, 3.8) is 0 Å². The fourth-order valence-corrected chi connectivity index (χ4v) is 2.70.